The number of alkyl halides is 3. The molecule has 1 aromatic carbocycles. The fraction of sp³-hybridized carbons (Fsp3) is 0.571. The van der Waals surface area contributed by atoms with Gasteiger partial charge in [0.2, 0.25) is 0 Å². The quantitative estimate of drug-likeness (QED) is 0.753. The summed E-state index contributed by atoms with van der Waals surface area (Å²) in [7, 11) is 0. The fourth-order valence-corrected chi connectivity index (χ4v) is 1.67. The first kappa shape index (κ1) is 15.0. The smallest absolute Gasteiger partial charge is 0.313 e. The van der Waals surface area contributed by atoms with Gasteiger partial charge in [0.1, 0.15) is 0 Å². The van der Waals surface area contributed by atoms with Gasteiger partial charge < -0.3 is 5.32 Å². The SMILES string of the molecule is CC(C)c1ccc(CNCCCC(F)(F)F)cc1. The van der Waals surface area contributed by atoms with Gasteiger partial charge in [-0.15, -0.1) is 0 Å². The highest BCUT2D eigenvalue weighted by atomic mass is 19.4. The zero-order valence-corrected chi connectivity index (χ0v) is 10.8. The van der Waals surface area contributed by atoms with Crippen LogP contribution in [0.3, 0.4) is 0 Å². The van der Waals surface area contributed by atoms with Crippen LogP contribution >= 0.6 is 0 Å². The molecule has 0 aliphatic rings. The van der Waals surface area contributed by atoms with E-state index in [4.69, 9.17) is 0 Å². The minimum atomic E-state index is -4.04. The van der Waals surface area contributed by atoms with Gasteiger partial charge in [-0.25, -0.2) is 0 Å². The number of benzene rings is 1. The molecule has 0 amide bonds. The van der Waals surface area contributed by atoms with E-state index in [-0.39, 0.29) is 6.42 Å². The van der Waals surface area contributed by atoms with Gasteiger partial charge in [0.15, 0.2) is 0 Å². The number of rotatable bonds is 6. The van der Waals surface area contributed by atoms with Crippen molar-refractivity contribution >= 4 is 0 Å². The van der Waals surface area contributed by atoms with E-state index >= 15 is 0 Å². The topological polar surface area (TPSA) is 12.0 Å². The van der Waals surface area contributed by atoms with Gasteiger partial charge in [-0.2, -0.15) is 13.2 Å². The van der Waals surface area contributed by atoms with Crippen LogP contribution in [0.15, 0.2) is 24.3 Å². The molecule has 18 heavy (non-hydrogen) atoms. The molecular formula is C14H20F3N. The second kappa shape index (κ2) is 6.78. The van der Waals surface area contributed by atoms with Crippen LogP contribution in [0.2, 0.25) is 0 Å². The van der Waals surface area contributed by atoms with Gasteiger partial charge in [-0.3, -0.25) is 0 Å². The van der Waals surface area contributed by atoms with Crippen LogP contribution in [0.5, 0.6) is 0 Å². The fourth-order valence-electron chi connectivity index (χ4n) is 1.67. The maximum Gasteiger partial charge on any atom is 0.389 e. The number of halogens is 3. The highest BCUT2D eigenvalue weighted by Gasteiger charge is 2.25. The number of hydrogen-bond donors (Lipinski definition) is 1. The lowest BCUT2D eigenvalue weighted by Gasteiger charge is -2.09. The molecule has 0 saturated carbocycles. The molecule has 1 aromatic rings. The second-order valence-electron chi connectivity index (χ2n) is 4.79. The van der Waals surface area contributed by atoms with E-state index in [9.17, 15) is 13.2 Å². The van der Waals surface area contributed by atoms with Gasteiger partial charge in [0, 0.05) is 13.0 Å². The summed E-state index contributed by atoms with van der Waals surface area (Å²) in [5.74, 6) is 0.499. The molecule has 0 unspecified atom stereocenters. The Bertz CT molecular complexity index is 341. The Morgan fingerprint density at radius 2 is 1.72 bits per heavy atom. The minimum Gasteiger partial charge on any atom is -0.313 e. The summed E-state index contributed by atoms with van der Waals surface area (Å²) in [6.45, 7) is 5.27. The molecule has 0 saturated heterocycles. The lowest BCUT2D eigenvalue weighted by molar-refractivity contribution is -0.135. The Morgan fingerprint density at radius 3 is 2.22 bits per heavy atom. The predicted molar refractivity (Wildman–Crippen MR) is 67.5 cm³/mol. The van der Waals surface area contributed by atoms with Crippen LogP contribution in [0.1, 0.15) is 43.7 Å². The van der Waals surface area contributed by atoms with E-state index in [1.54, 1.807) is 0 Å². The van der Waals surface area contributed by atoms with Crippen molar-refractivity contribution in [3.05, 3.63) is 35.4 Å². The van der Waals surface area contributed by atoms with Gasteiger partial charge in [0.05, 0.1) is 0 Å². The molecule has 0 fully saturated rings. The van der Waals surface area contributed by atoms with Gasteiger partial charge in [0.25, 0.3) is 0 Å². The standard InChI is InChI=1S/C14H20F3N/c1-11(2)13-6-4-12(5-7-13)10-18-9-3-8-14(15,16)17/h4-7,11,18H,3,8-10H2,1-2H3. The molecule has 0 aliphatic carbocycles. The van der Waals surface area contributed by atoms with Crippen molar-refractivity contribution in [2.75, 3.05) is 6.54 Å². The summed E-state index contributed by atoms with van der Waals surface area (Å²) in [5, 5.41) is 3.02. The van der Waals surface area contributed by atoms with E-state index in [0.717, 1.165) is 5.56 Å². The normalized spacial score (nSPS) is 12.1. The highest BCUT2D eigenvalue weighted by Crippen LogP contribution is 2.20. The molecule has 1 rings (SSSR count). The van der Waals surface area contributed by atoms with Crippen molar-refractivity contribution in [1.82, 2.24) is 5.32 Å². The molecule has 0 atom stereocenters. The molecule has 0 bridgehead atoms. The Hall–Kier alpha value is -1.03. The van der Waals surface area contributed by atoms with Crippen LogP contribution in [0.25, 0.3) is 0 Å². The van der Waals surface area contributed by atoms with Gasteiger partial charge in [-0.05, 0) is 30.0 Å². The number of nitrogens with one attached hydrogen (secondary N) is 1. The first-order valence-electron chi connectivity index (χ1n) is 6.25. The summed E-state index contributed by atoms with van der Waals surface area (Å²) in [6, 6.07) is 8.17. The Kier molecular flexibility index (Phi) is 5.66. The summed E-state index contributed by atoms with van der Waals surface area (Å²) in [4.78, 5) is 0. The molecule has 0 radical (unpaired) electrons. The molecule has 0 spiro atoms. The maximum absolute atomic E-state index is 11.9. The molecule has 4 heteroatoms. The van der Waals surface area contributed by atoms with Crippen molar-refractivity contribution < 1.29 is 13.2 Å². The maximum atomic E-state index is 11.9. The molecule has 0 aromatic heterocycles. The summed E-state index contributed by atoms with van der Waals surface area (Å²) in [6.07, 6.45) is -4.62. The Morgan fingerprint density at radius 1 is 1.11 bits per heavy atom. The average molecular weight is 259 g/mol. The van der Waals surface area contributed by atoms with Crippen LogP contribution in [-0.2, 0) is 6.54 Å². The van der Waals surface area contributed by atoms with Crippen molar-refractivity contribution in [3.8, 4) is 0 Å². The first-order chi connectivity index (χ1) is 8.38. The Balaban J connectivity index is 2.23. The van der Waals surface area contributed by atoms with Crippen molar-refractivity contribution in [2.24, 2.45) is 0 Å². The third kappa shape index (κ3) is 6.05. The molecule has 0 heterocycles. The third-order valence-corrected chi connectivity index (χ3v) is 2.79. The molecule has 1 nitrogen and oxygen atoms in total. The van der Waals surface area contributed by atoms with Crippen LogP contribution in [0, 0.1) is 0 Å². The van der Waals surface area contributed by atoms with Crippen molar-refractivity contribution in [3.63, 3.8) is 0 Å². The van der Waals surface area contributed by atoms with E-state index in [2.05, 4.69) is 31.3 Å². The summed E-state index contributed by atoms with van der Waals surface area (Å²) in [5.41, 5.74) is 2.38. The lowest BCUT2D eigenvalue weighted by atomic mass is 10.0. The summed E-state index contributed by atoms with van der Waals surface area (Å²) >= 11 is 0. The van der Waals surface area contributed by atoms with Crippen LogP contribution < -0.4 is 5.32 Å². The second-order valence-corrected chi connectivity index (χ2v) is 4.79. The monoisotopic (exact) mass is 259 g/mol. The minimum absolute atomic E-state index is 0.133. The molecular weight excluding hydrogens is 239 g/mol. The first-order valence-corrected chi connectivity index (χ1v) is 6.25. The molecule has 0 aliphatic heterocycles. The van der Waals surface area contributed by atoms with E-state index < -0.39 is 12.6 Å². The van der Waals surface area contributed by atoms with Crippen molar-refractivity contribution in [1.29, 1.82) is 0 Å². The van der Waals surface area contributed by atoms with E-state index in [1.165, 1.54) is 5.56 Å². The van der Waals surface area contributed by atoms with Crippen LogP contribution in [-0.4, -0.2) is 12.7 Å². The molecule has 102 valence electrons. The predicted octanol–water partition coefficient (Wildman–Crippen LogP) is 4.24. The van der Waals surface area contributed by atoms with E-state index in [0.29, 0.717) is 19.0 Å². The van der Waals surface area contributed by atoms with Gasteiger partial charge in [-0.1, -0.05) is 38.1 Å². The zero-order valence-electron chi connectivity index (χ0n) is 10.8. The van der Waals surface area contributed by atoms with Crippen molar-refractivity contribution in [2.45, 2.75) is 45.3 Å². The largest absolute Gasteiger partial charge is 0.389 e. The zero-order chi connectivity index (χ0) is 13.6. The summed E-state index contributed by atoms with van der Waals surface area (Å²) < 4.78 is 35.7. The number of hydrogen-bond acceptors (Lipinski definition) is 1. The lowest BCUT2D eigenvalue weighted by Crippen LogP contribution is -2.17. The Labute approximate surface area is 106 Å². The van der Waals surface area contributed by atoms with Crippen LogP contribution in [0.4, 0.5) is 13.2 Å². The average Bonchev–Trinajstić information content (AvgIpc) is 2.27. The van der Waals surface area contributed by atoms with E-state index in [1.807, 2.05) is 12.1 Å². The third-order valence-electron chi connectivity index (χ3n) is 2.79. The molecule has 1 N–H and O–H groups in total. The van der Waals surface area contributed by atoms with Gasteiger partial charge >= 0.3 is 6.18 Å². The highest BCUT2D eigenvalue weighted by molar-refractivity contribution is 5.24.